The van der Waals surface area contributed by atoms with Crippen LogP contribution in [0.4, 0.5) is 11.4 Å². The minimum atomic E-state index is -3.69. The lowest BCUT2D eigenvalue weighted by molar-refractivity contribution is -0.114. The van der Waals surface area contributed by atoms with E-state index in [1.165, 1.54) is 7.11 Å². The van der Waals surface area contributed by atoms with E-state index >= 15 is 0 Å². The summed E-state index contributed by atoms with van der Waals surface area (Å²) in [4.78, 5) is 12.4. The van der Waals surface area contributed by atoms with Gasteiger partial charge in [0.15, 0.2) is 0 Å². The number of anilines is 2. The maximum atomic E-state index is 12.4. The van der Waals surface area contributed by atoms with Gasteiger partial charge >= 0.3 is 0 Å². The second-order valence-electron chi connectivity index (χ2n) is 5.45. The van der Waals surface area contributed by atoms with Crippen molar-refractivity contribution in [2.24, 2.45) is 0 Å². The van der Waals surface area contributed by atoms with E-state index in [0.29, 0.717) is 29.5 Å². The minimum Gasteiger partial charge on any atom is -0.495 e. The standard InChI is InChI=1S/C18H22N2O5S/c1-4-25-15-9-7-8-14(12-15)19-18(21)13-20(26(3,22)23)16-10-5-6-11-17(16)24-2/h5-12H,4,13H2,1-3H3,(H,19,21). The molecule has 2 aromatic carbocycles. The second-order valence-corrected chi connectivity index (χ2v) is 7.36. The van der Waals surface area contributed by atoms with E-state index in [1.807, 2.05) is 6.92 Å². The molecule has 0 saturated carbocycles. The van der Waals surface area contributed by atoms with Crippen molar-refractivity contribution >= 4 is 27.3 Å². The Labute approximate surface area is 153 Å². The van der Waals surface area contributed by atoms with Crippen LogP contribution in [0.3, 0.4) is 0 Å². The lowest BCUT2D eigenvalue weighted by atomic mass is 10.3. The van der Waals surface area contributed by atoms with E-state index in [-0.39, 0.29) is 6.54 Å². The number of sulfonamides is 1. The first kappa shape index (κ1) is 19.6. The first-order valence-electron chi connectivity index (χ1n) is 7.98. The van der Waals surface area contributed by atoms with Crippen molar-refractivity contribution in [3.63, 3.8) is 0 Å². The summed E-state index contributed by atoms with van der Waals surface area (Å²) in [5.41, 5.74) is 0.824. The third kappa shape index (κ3) is 5.13. The highest BCUT2D eigenvalue weighted by molar-refractivity contribution is 7.92. The van der Waals surface area contributed by atoms with Crippen molar-refractivity contribution in [3.8, 4) is 11.5 Å². The lowest BCUT2D eigenvalue weighted by Gasteiger charge is -2.23. The number of hydrogen-bond donors (Lipinski definition) is 1. The van der Waals surface area contributed by atoms with Crippen LogP contribution in [-0.4, -0.2) is 40.8 Å². The van der Waals surface area contributed by atoms with Crippen LogP contribution in [0.5, 0.6) is 11.5 Å². The highest BCUT2D eigenvalue weighted by atomic mass is 32.2. The summed E-state index contributed by atoms with van der Waals surface area (Å²) in [5, 5.41) is 2.68. The van der Waals surface area contributed by atoms with E-state index in [2.05, 4.69) is 5.32 Å². The Morgan fingerprint density at radius 1 is 1.15 bits per heavy atom. The molecule has 0 radical (unpaired) electrons. The molecule has 0 aliphatic rings. The predicted molar refractivity (Wildman–Crippen MR) is 101 cm³/mol. The van der Waals surface area contributed by atoms with Crippen LogP contribution in [0.1, 0.15) is 6.92 Å². The molecule has 1 amide bonds. The van der Waals surface area contributed by atoms with Gasteiger partial charge in [-0.3, -0.25) is 9.10 Å². The van der Waals surface area contributed by atoms with Crippen molar-refractivity contribution in [2.45, 2.75) is 6.92 Å². The van der Waals surface area contributed by atoms with Crippen molar-refractivity contribution in [1.29, 1.82) is 0 Å². The highest BCUT2D eigenvalue weighted by Gasteiger charge is 2.23. The van der Waals surface area contributed by atoms with Crippen molar-refractivity contribution in [2.75, 3.05) is 36.1 Å². The number of nitrogens with one attached hydrogen (secondary N) is 1. The molecule has 0 aliphatic carbocycles. The molecule has 0 aromatic heterocycles. The zero-order chi connectivity index (χ0) is 19.2. The molecule has 0 fully saturated rings. The van der Waals surface area contributed by atoms with Crippen LogP contribution in [-0.2, 0) is 14.8 Å². The van der Waals surface area contributed by atoms with Crippen LogP contribution in [0, 0.1) is 0 Å². The topological polar surface area (TPSA) is 84.9 Å². The number of ether oxygens (including phenoxy) is 2. The van der Waals surface area contributed by atoms with Gasteiger partial charge < -0.3 is 14.8 Å². The largest absolute Gasteiger partial charge is 0.495 e. The number of carbonyl (C=O) groups is 1. The van der Waals surface area contributed by atoms with Gasteiger partial charge in [0.2, 0.25) is 15.9 Å². The molecule has 8 heteroatoms. The first-order chi connectivity index (χ1) is 12.3. The highest BCUT2D eigenvalue weighted by Crippen LogP contribution is 2.29. The number of para-hydroxylation sites is 2. The number of amides is 1. The molecule has 0 atom stereocenters. The summed E-state index contributed by atoms with van der Waals surface area (Å²) in [7, 11) is -2.24. The average Bonchev–Trinajstić information content (AvgIpc) is 2.59. The molecule has 2 rings (SSSR count). The molecular weight excluding hydrogens is 356 g/mol. The molecule has 0 spiro atoms. The summed E-state index contributed by atoms with van der Waals surface area (Å²) >= 11 is 0. The zero-order valence-corrected chi connectivity index (χ0v) is 15.7. The van der Waals surface area contributed by atoms with E-state index in [4.69, 9.17) is 9.47 Å². The quantitative estimate of drug-likeness (QED) is 0.763. The molecule has 140 valence electrons. The third-order valence-electron chi connectivity index (χ3n) is 3.47. The van der Waals surface area contributed by atoms with Crippen molar-refractivity contribution in [3.05, 3.63) is 48.5 Å². The second kappa shape index (κ2) is 8.57. The van der Waals surface area contributed by atoms with Gasteiger partial charge in [-0.2, -0.15) is 0 Å². The van der Waals surface area contributed by atoms with E-state index in [0.717, 1.165) is 10.6 Å². The lowest BCUT2D eigenvalue weighted by Crippen LogP contribution is -2.37. The number of methoxy groups -OCH3 is 1. The fourth-order valence-corrected chi connectivity index (χ4v) is 3.24. The van der Waals surface area contributed by atoms with Crippen molar-refractivity contribution in [1.82, 2.24) is 0 Å². The fourth-order valence-electron chi connectivity index (χ4n) is 2.38. The van der Waals surface area contributed by atoms with Gasteiger partial charge in [-0.25, -0.2) is 8.42 Å². The van der Waals surface area contributed by atoms with Gasteiger partial charge in [0.05, 0.1) is 25.7 Å². The summed E-state index contributed by atoms with van der Waals surface area (Å²) in [6, 6.07) is 13.5. The maximum Gasteiger partial charge on any atom is 0.245 e. The van der Waals surface area contributed by atoms with Gasteiger partial charge in [-0.05, 0) is 31.2 Å². The van der Waals surface area contributed by atoms with E-state index in [9.17, 15) is 13.2 Å². The van der Waals surface area contributed by atoms with Crippen LogP contribution < -0.4 is 19.1 Å². The molecular formula is C18H22N2O5S. The number of rotatable bonds is 8. The number of benzene rings is 2. The van der Waals surface area contributed by atoms with E-state index < -0.39 is 15.9 Å². The van der Waals surface area contributed by atoms with Gasteiger partial charge in [0.1, 0.15) is 18.0 Å². The number of nitrogens with zero attached hydrogens (tertiary/aromatic N) is 1. The smallest absolute Gasteiger partial charge is 0.245 e. The Morgan fingerprint density at radius 3 is 2.54 bits per heavy atom. The van der Waals surface area contributed by atoms with Gasteiger partial charge in [0, 0.05) is 11.8 Å². The zero-order valence-electron chi connectivity index (χ0n) is 14.9. The van der Waals surface area contributed by atoms with E-state index in [1.54, 1.807) is 48.5 Å². The molecule has 2 aromatic rings. The first-order valence-corrected chi connectivity index (χ1v) is 9.83. The fraction of sp³-hybridized carbons (Fsp3) is 0.278. The Bertz CT molecular complexity index is 867. The molecule has 0 unspecified atom stereocenters. The Kier molecular flexibility index (Phi) is 6.46. The molecule has 0 heterocycles. The Morgan fingerprint density at radius 2 is 1.88 bits per heavy atom. The number of carbonyl (C=O) groups excluding carboxylic acids is 1. The average molecular weight is 378 g/mol. The minimum absolute atomic E-state index is 0.302. The predicted octanol–water partition coefficient (Wildman–Crippen LogP) is 2.50. The monoisotopic (exact) mass is 378 g/mol. The van der Waals surface area contributed by atoms with Crippen LogP contribution in [0.2, 0.25) is 0 Å². The van der Waals surface area contributed by atoms with Gasteiger partial charge in [0.25, 0.3) is 0 Å². The number of hydrogen-bond acceptors (Lipinski definition) is 5. The normalized spacial score (nSPS) is 10.9. The summed E-state index contributed by atoms with van der Waals surface area (Å²) in [5.74, 6) is 0.508. The Balaban J connectivity index is 2.21. The molecule has 26 heavy (non-hydrogen) atoms. The molecule has 0 bridgehead atoms. The molecule has 0 aliphatic heterocycles. The third-order valence-corrected chi connectivity index (χ3v) is 4.60. The van der Waals surface area contributed by atoms with Crippen LogP contribution >= 0.6 is 0 Å². The maximum absolute atomic E-state index is 12.4. The molecule has 7 nitrogen and oxygen atoms in total. The van der Waals surface area contributed by atoms with Gasteiger partial charge in [-0.15, -0.1) is 0 Å². The van der Waals surface area contributed by atoms with Gasteiger partial charge in [-0.1, -0.05) is 18.2 Å². The molecule has 0 saturated heterocycles. The summed E-state index contributed by atoms with van der Waals surface area (Å²) in [6.07, 6.45) is 1.04. The summed E-state index contributed by atoms with van der Waals surface area (Å²) in [6.45, 7) is 1.99. The van der Waals surface area contributed by atoms with Crippen molar-refractivity contribution < 1.29 is 22.7 Å². The van der Waals surface area contributed by atoms with Crippen LogP contribution in [0.25, 0.3) is 0 Å². The SMILES string of the molecule is CCOc1cccc(NC(=O)CN(c2ccccc2OC)S(C)(=O)=O)c1. The summed E-state index contributed by atoms with van der Waals surface area (Å²) < 4.78 is 36.0. The molecule has 1 N–H and O–H groups in total. The Hall–Kier alpha value is -2.74. The van der Waals surface area contributed by atoms with Crippen LogP contribution in [0.15, 0.2) is 48.5 Å².